The van der Waals surface area contributed by atoms with Crippen molar-refractivity contribution in [2.45, 2.75) is 26.4 Å². The van der Waals surface area contributed by atoms with Gasteiger partial charge in [0, 0.05) is 17.1 Å². The van der Waals surface area contributed by atoms with E-state index in [0.29, 0.717) is 17.9 Å². The van der Waals surface area contributed by atoms with E-state index in [1.807, 2.05) is 13.8 Å². The van der Waals surface area contributed by atoms with Crippen LogP contribution >= 0.6 is 15.9 Å². The third-order valence-electron chi connectivity index (χ3n) is 2.79. The summed E-state index contributed by atoms with van der Waals surface area (Å²) in [6.07, 6.45) is 0. The molecule has 0 saturated heterocycles. The van der Waals surface area contributed by atoms with Gasteiger partial charge in [0.15, 0.2) is 17.4 Å². The van der Waals surface area contributed by atoms with Gasteiger partial charge in [-0.15, -0.1) is 0 Å². The fourth-order valence-corrected chi connectivity index (χ4v) is 2.16. The molecule has 0 fully saturated rings. The minimum atomic E-state index is -0.712. The van der Waals surface area contributed by atoms with Gasteiger partial charge in [-0.2, -0.15) is 0 Å². The van der Waals surface area contributed by atoms with Crippen LogP contribution in [0.2, 0.25) is 0 Å². The van der Waals surface area contributed by atoms with Crippen molar-refractivity contribution in [2.24, 2.45) is 0 Å². The van der Waals surface area contributed by atoms with Crippen molar-refractivity contribution in [3.05, 3.63) is 58.1 Å². The number of hydrogen-bond donors (Lipinski definition) is 1. The third kappa shape index (κ3) is 4.51. The molecule has 0 aromatic heterocycles. The van der Waals surface area contributed by atoms with Gasteiger partial charge in [-0.05, 0) is 35.9 Å². The molecule has 0 heterocycles. The van der Waals surface area contributed by atoms with Crippen LogP contribution in [-0.2, 0) is 6.54 Å². The van der Waals surface area contributed by atoms with E-state index in [1.165, 1.54) is 12.1 Å². The van der Waals surface area contributed by atoms with E-state index < -0.39 is 11.6 Å². The Hall–Kier alpha value is -1.46. The molecule has 0 spiro atoms. The fourth-order valence-electron chi connectivity index (χ4n) is 1.78. The Morgan fingerprint density at radius 3 is 2.38 bits per heavy atom. The highest BCUT2D eigenvalue weighted by Crippen LogP contribution is 2.30. The van der Waals surface area contributed by atoms with Crippen LogP contribution in [0.1, 0.15) is 19.4 Å². The van der Waals surface area contributed by atoms with Crippen molar-refractivity contribution < 1.29 is 13.5 Å². The molecule has 21 heavy (non-hydrogen) atoms. The Balaban J connectivity index is 2.21. The Bertz CT molecular complexity index is 608. The second-order valence-corrected chi connectivity index (χ2v) is 5.90. The molecule has 0 aliphatic carbocycles. The molecule has 0 atom stereocenters. The molecule has 0 aliphatic rings. The van der Waals surface area contributed by atoms with Gasteiger partial charge in [0.2, 0.25) is 0 Å². The number of benzene rings is 2. The molecule has 0 amide bonds. The normalized spacial score (nSPS) is 11.0. The maximum atomic E-state index is 14.0. The van der Waals surface area contributed by atoms with Gasteiger partial charge in [0.1, 0.15) is 5.75 Å². The lowest BCUT2D eigenvalue weighted by atomic mass is 10.2. The molecule has 2 aromatic rings. The predicted molar refractivity (Wildman–Crippen MR) is 82.5 cm³/mol. The van der Waals surface area contributed by atoms with Gasteiger partial charge >= 0.3 is 0 Å². The number of rotatable bonds is 5. The summed E-state index contributed by atoms with van der Waals surface area (Å²) < 4.78 is 34.1. The van der Waals surface area contributed by atoms with Gasteiger partial charge in [-0.3, -0.25) is 0 Å². The second kappa shape index (κ2) is 7.00. The van der Waals surface area contributed by atoms with E-state index in [0.717, 1.165) is 4.47 Å². The first-order valence-corrected chi connectivity index (χ1v) is 7.39. The summed E-state index contributed by atoms with van der Waals surface area (Å²) in [6, 6.07) is 9.63. The van der Waals surface area contributed by atoms with Crippen molar-refractivity contribution >= 4 is 15.9 Å². The molecule has 1 N–H and O–H groups in total. The van der Waals surface area contributed by atoms with Crippen molar-refractivity contribution in [3.8, 4) is 11.5 Å². The molecule has 2 nitrogen and oxygen atoms in total. The van der Waals surface area contributed by atoms with Crippen LogP contribution in [0.3, 0.4) is 0 Å². The van der Waals surface area contributed by atoms with E-state index >= 15 is 0 Å². The van der Waals surface area contributed by atoms with E-state index in [4.69, 9.17) is 4.74 Å². The van der Waals surface area contributed by atoms with E-state index in [1.54, 1.807) is 24.3 Å². The Morgan fingerprint density at radius 2 is 1.81 bits per heavy atom. The molecule has 5 heteroatoms. The zero-order valence-corrected chi connectivity index (χ0v) is 13.4. The third-order valence-corrected chi connectivity index (χ3v) is 3.28. The van der Waals surface area contributed by atoms with Crippen LogP contribution < -0.4 is 10.1 Å². The van der Waals surface area contributed by atoms with Crippen LogP contribution in [0.15, 0.2) is 40.9 Å². The lowest BCUT2D eigenvalue weighted by molar-refractivity contribution is 0.405. The second-order valence-electron chi connectivity index (χ2n) is 4.98. The summed E-state index contributed by atoms with van der Waals surface area (Å²) in [5.41, 5.74) is 0.542. The molecule has 0 aliphatic heterocycles. The number of nitrogens with one attached hydrogen (secondary N) is 1. The highest BCUT2D eigenvalue weighted by atomic mass is 79.9. The van der Waals surface area contributed by atoms with Gasteiger partial charge < -0.3 is 10.1 Å². The maximum absolute atomic E-state index is 14.0. The highest BCUT2D eigenvalue weighted by Gasteiger charge is 2.14. The Kier molecular flexibility index (Phi) is 5.31. The van der Waals surface area contributed by atoms with E-state index in [-0.39, 0.29) is 11.8 Å². The van der Waals surface area contributed by atoms with Gasteiger partial charge in [-0.25, -0.2) is 8.78 Å². The first-order chi connectivity index (χ1) is 9.95. The fraction of sp³-hybridized carbons (Fsp3) is 0.250. The van der Waals surface area contributed by atoms with E-state index in [9.17, 15) is 8.78 Å². The molecule has 0 bridgehead atoms. The lowest BCUT2D eigenvalue weighted by Crippen LogP contribution is -2.22. The molecular weight excluding hydrogens is 340 g/mol. The first kappa shape index (κ1) is 15.9. The van der Waals surface area contributed by atoms with Gasteiger partial charge in [0.05, 0.1) is 0 Å². The number of hydrogen-bond acceptors (Lipinski definition) is 2. The van der Waals surface area contributed by atoms with Crippen LogP contribution in [0, 0.1) is 11.6 Å². The van der Waals surface area contributed by atoms with Crippen molar-refractivity contribution in [1.82, 2.24) is 5.32 Å². The predicted octanol–water partition coefficient (Wildman–Crippen LogP) is 5.02. The average molecular weight is 356 g/mol. The molecular formula is C16H16BrF2NO. The van der Waals surface area contributed by atoms with Crippen molar-refractivity contribution in [3.63, 3.8) is 0 Å². The van der Waals surface area contributed by atoms with E-state index in [2.05, 4.69) is 21.2 Å². The summed E-state index contributed by atoms with van der Waals surface area (Å²) in [7, 11) is 0. The van der Waals surface area contributed by atoms with Crippen LogP contribution in [0.25, 0.3) is 0 Å². The molecule has 112 valence electrons. The lowest BCUT2D eigenvalue weighted by Gasteiger charge is -2.12. The highest BCUT2D eigenvalue weighted by molar-refractivity contribution is 9.10. The van der Waals surface area contributed by atoms with Gasteiger partial charge in [0.25, 0.3) is 0 Å². The summed E-state index contributed by atoms with van der Waals surface area (Å²) in [4.78, 5) is 0. The Morgan fingerprint density at radius 1 is 1.14 bits per heavy atom. The van der Waals surface area contributed by atoms with Crippen molar-refractivity contribution in [2.75, 3.05) is 0 Å². The zero-order chi connectivity index (χ0) is 15.4. The topological polar surface area (TPSA) is 21.3 Å². The van der Waals surface area contributed by atoms with Gasteiger partial charge in [-0.1, -0.05) is 35.8 Å². The summed E-state index contributed by atoms with van der Waals surface area (Å²) in [6.45, 7) is 4.34. The number of halogens is 3. The minimum absolute atomic E-state index is 0.244. The molecule has 0 unspecified atom stereocenters. The van der Waals surface area contributed by atoms with Crippen LogP contribution in [0.4, 0.5) is 8.78 Å². The quantitative estimate of drug-likeness (QED) is 0.813. The van der Waals surface area contributed by atoms with Crippen LogP contribution in [-0.4, -0.2) is 6.04 Å². The summed E-state index contributed by atoms with van der Waals surface area (Å²) in [5.74, 6) is -1.44. The first-order valence-electron chi connectivity index (χ1n) is 6.60. The van der Waals surface area contributed by atoms with Crippen LogP contribution in [0.5, 0.6) is 11.5 Å². The smallest absolute Gasteiger partial charge is 0.198 e. The summed E-state index contributed by atoms with van der Waals surface area (Å²) >= 11 is 3.28. The molecule has 0 saturated carbocycles. The van der Waals surface area contributed by atoms with Crippen molar-refractivity contribution in [1.29, 1.82) is 0 Å². The maximum Gasteiger partial charge on any atom is 0.198 e. The number of ether oxygens (including phenoxy) is 1. The molecule has 2 aromatic carbocycles. The Labute approximate surface area is 131 Å². The zero-order valence-electron chi connectivity index (χ0n) is 11.8. The standard InChI is InChI=1S/C16H16BrF2NO/c1-10(2)20-9-11-6-14(18)16(15(19)7-11)21-13-5-3-4-12(17)8-13/h3-8,10,20H,9H2,1-2H3. The molecule has 0 radical (unpaired) electrons. The molecule has 2 rings (SSSR count). The summed E-state index contributed by atoms with van der Waals surface area (Å²) in [5, 5.41) is 3.11. The monoisotopic (exact) mass is 355 g/mol. The SMILES string of the molecule is CC(C)NCc1cc(F)c(Oc2cccc(Br)c2)c(F)c1. The largest absolute Gasteiger partial charge is 0.451 e. The average Bonchev–Trinajstić information content (AvgIpc) is 2.40. The minimum Gasteiger partial charge on any atom is -0.451 e.